The minimum atomic E-state index is -0.197. The first kappa shape index (κ1) is 22.4. The van der Waals surface area contributed by atoms with Gasteiger partial charge in [-0.25, -0.2) is 0 Å². The normalized spacial score (nSPS) is 31.1. The molecule has 4 atom stereocenters. The fourth-order valence-corrected chi connectivity index (χ4v) is 7.09. The minimum Gasteiger partial charge on any atom is -0.356 e. The lowest BCUT2D eigenvalue weighted by Crippen LogP contribution is -2.46. The molecule has 1 aromatic rings. The van der Waals surface area contributed by atoms with Gasteiger partial charge in [-0.3, -0.25) is 9.59 Å². The van der Waals surface area contributed by atoms with E-state index >= 15 is 0 Å². The van der Waals surface area contributed by atoms with Gasteiger partial charge in [0.15, 0.2) is 0 Å². The highest BCUT2D eigenvalue weighted by atomic mass is 79.9. The third kappa shape index (κ3) is 4.24. The molecule has 2 N–H and O–H groups in total. The predicted molar refractivity (Wildman–Crippen MR) is 129 cm³/mol. The van der Waals surface area contributed by atoms with Crippen LogP contribution in [0.3, 0.4) is 0 Å². The van der Waals surface area contributed by atoms with Gasteiger partial charge in [-0.15, -0.1) is 0 Å². The fourth-order valence-electron chi connectivity index (χ4n) is 6.82. The molecule has 1 aliphatic heterocycles. The number of carbonyl (C=O) groups excluding carboxylic acids is 2. The average Bonchev–Trinajstić information content (AvgIpc) is 3.46. The topological polar surface area (TPSA) is 64.7 Å². The van der Waals surface area contributed by atoms with Gasteiger partial charge in [-0.05, 0) is 87.2 Å². The summed E-state index contributed by atoms with van der Waals surface area (Å²) < 4.78 is 0.987. The molecule has 3 saturated carbocycles. The molecule has 5 rings (SSSR count). The fraction of sp³-hybridized carbons (Fsp3) is 0.680. The number of nitrogens with zero attached hydrogens (tertiary/aromatic N) is 2. The van der Waals surface area contributed by atoms with Crippen LogP contribution in [-0.2, 0) is 9.59 Å². The smallest absolute Gasteiger partial charge is 0.228 e. The Kier molecular flexibility index (Phi) is 6.34. The van der Waals surface area contributed by atoms with Crippen molar-refractivity contribution >= 4 is 33.4 Å². The van der Waals surface area contributed by atoms with Crippen LogP contribution >= 0.6 is 15.9 Å². The van der Waals surface area contributed by atoms with Crippen LogP contribution in [0, 0.1) is 29.1 Å². The molecule has 1 spiro atoms. The second-order valence-electron chi connectivity index (χ2n) is 10.4. The number of hydrogen-bond acceptors (Lipinski definition) is 4. The van der Waals surface area contributed by atoms with Gasteiger partial charge >= 0.3 is 0 Å². The summed E-state index contributed by atoms with van der Waals surface area (Å²) in [6.45, 7) is 6.19. The number of benzene rings is 1. The largest absolute Gasteiger partial charge is 0.356 e. The molecular weight excluding hydrogens is 468 g/mol. The SMILES string of the molecule is CN1CCN(CCCNC(=O)[C@H]2[C@H](C(=O)Nc3ccc(Br)cc3)[C@@H]3CC[C@H]2C32CC2)CC1. The van der Waals surface area contributed by atoms with Crippen LogP contribution in [0.5, 0.6) is 0 Å². The Morgan fingerprint density at radius 3 is 2.25 bits per heavy atom. The summed E-state index contributed by atoms with van der Waals surface area (Å²) in [5.74, 6) is 0.517. The first-order valence-corrected chi connectivity index (χ1v) is 13.0. The van der Waals surface area contributed by atoms with Crippen LogP contribution in [0.15, 0.2) is 28.7 Å². The van der Waals surface area contributed by atoms with E-state index in [-0.39, 0.29) is 29.1 Å². The molecule has 1 saturated heterocycles. The number of halogens is 1. The Morgan fingerprint density at radius 1 is 1.00 bits per heavy atom. The molecule has 3 aliphatic carbocycles. The van der Waals surface area contributed by atoms with Crippen LogP contribution < -0.4 is 10.6 Å². The number of amides is 2. The van der Waals surface area contributed by atoms with Gasteiger partial charge in [0.1, 0.15) is 0 Å². The maximum absolute atomic E-state index is 13.4. The monoisotopic (exact) mass is 502 g/mol. The summed E-state index contributed by atoms with van der Waals surface area (Å²) in [5.41, 5.74) is 1.07. The van der Waals surface area contributed by atoms with E-state index in [1.165, 1.54) is 12.8 Å². The first-order valence-electron chi connectivity index (χ1n) is 12.2. The number of likely N-dealkylation sites (N-methyl/N-ethyl adjacent to an activating group) is 1. The molecule has 6 nitrogen and oxygen atoms in total. The van der Waals surface area contributed by atoms with E-state index in [1.807, 2.05) is 24.3 Å². The van der Waals surface area contributed by atoms with Crippen molar-refractivity contribution < 1.29 is 9.59 Å². The molecule has 4 aliphatic rings. The van der Waals surface area contributed by atoms with Gasteiger partial charge in [0.2, 0.25) is 11.8 Å². The third-order valence-corrected chi connectivity index (χ3v) is 9.14. The molecule has 7 heteroatoms. The van der Waals surface area contributed by atoms with E-state index in [4.69, 9.17) is 0 Å². The minimum absolute atomic E-state index is 0.0309. The van der Waals surface area contributed by atoms with Crippen LogP contribution in [0.4, 0.5) is 5.69 Å². The van der Waals surface area contributed by atoms with Gasteiger partial charge in [-0.2, -0.15) is 0 Å². The number of anilines is 1. The number of hydrogen-bond donors (Lipinski definition) is 2. The van der Waals surface area contributed by atoms with E-state index in [9.17, 15) is 9.59 Å². The number of piperazine rings is 1. The summed E-state index contributed by atoms with van der Waals surface area (Å²) in [7, 11) is 2.17. The summed E-state index contributed by atoms with van der Waals surface area (Å²) in [5, 5.41) is 6.33. The highest BCUT2D eigenvalue weighted by Gasteiger charge is 2.71. The lowest BCUT2D eigenvalue weighted by Gasteiger charge is -2.32. The van der Waals surface area contributed by atoms with E-state index in [0.29, 0.717) is 18.4 Å². The molecule has 174 valence electrons. The van der Waals surface area contributed by atoms with Crippen LogP contribution in [0.1, 0.15) is 32.1 Å². The van der Waals surface area contributed by atoms with E-state index in [2.05, 4.69) is 43.4 Å². The zero-order valence-corrected chi connectivity index (χ0v) is 20.6. The molecule has 2 bridgehead atoms. The van der Waals surface area contributed by atoms with Gasteiger partial charge < -0.3 is 20.4 Å². The van der Waals surface area contributed by atoms with Crippen molar-refractivity contribution in [1.82, 2.24) is 15.1 Å². The van der Waals surface area contributed by atoms with Crippen molar-refractivity contribution in [3.8, 4) is 0 Å². The Balaban J connectivity index is 1.19. The number of rotatable bonds is 7. The zero-order valence-electron chi connectivity index (χ0n) is 19.0. The van der Waals surface area contributed by atoms with Gasteiger partial charge in [0, 0.05) is 42.9 Å². The molecule has 0 unspecified atom stereocenters. The quantitative estimate of drug-likeness (QED) is 0.562. The standard InChI is InChI=1S/C25H35BrN4O2/c1-29-13-15-30(16-14-29)12-2-11-27-23(31)21-19-7-8-20(25(19)9-10-25)22(21)24(32)28-18-5-3-17(26)4-6-18/h3-6,19-22H,2,7-16H2,1H3,(H,27,31)(H,28,32)/t19-,20+,21-,22-/m1/s1. The second-order valence-corrected chi connectivity index (χ2v) is 11.3. The molecule has 4 fully saturated rings. The van der Waals surface area contributed by atoms with Crippen molar-refractivity contribution in [2.75, 3.05) is 51.6 Å². The average molecular weight is 503 g/mol. The zero-order chi connectivity index (χ0) is 22.3. The van der Waals surface area contributed by atoms with Gasteiger partial charge in [-0.1, -0.05) is 15.9 Å². The molecule has 0 radical (unpaired) electrons. The molecular formula is C25H35BrN4O2. The Bertz CT molecular complexity index is 848. The summed E-state index contributed by atoms with van der Waals surface area (Å²) in [4.78, 5) is 31.6. The highest BCUT2D eigenvalue weighted by molar-refractivity contribution is 9.10. The molecule has 1 aromatic carbocycles. The molecule has 0 aromatic heterocycles. The maximum Gasteiger partial charge on any atom is 0.228 e. The molecule has 1 heterocycles. The van der Waals surface area contributed by atoms with Crippen molar-refractivity contribution in [3.05, 3.63) is 28.7 Å². The third-order valence-electron chi connectivity index (χ3n) is 8.61. The van der Waals surface area contributed by atoms with Crippen molar-refractivity contribution in [2.45, 2.75) is 32.1 Å². The lowest BCUT2D eigenvalue weighted by molar-refractivity contribution is -0.134. The van der Waals surface area contributed by atoms with E-state index in [1.54, 1.807) is 0 Å². The first-order chi connectivity index (χ1) is 15.5. The molecule has 32 heavy (non-hydrogen) atoms. The Hall–Kier alpha value is -1.44. The lowest BCUT2D eigenvalue weighted by atomic mass is 9.78. The predicted octanol–water partition coefficient (Wildman–Crippen LogP) is 3.19. The van der Waals surface area contributed by atoms with Gasteiger partial charge in [0.05, 0.1) is 11.8 Å². The Labute approximate surface area is 199 Å². The maximum atomic E-state index is 13.4. The summed E-state index contributed by atoms with van der Waals surface area (Å²) in [6.07, 6.45) is 5.55. The van der Waals surface area contributed by atoms with E-state index < -0.39 is 0 Å². The van der Waals surface area contributed by atoms with Crippen molar-refractivity contribution in [2.24, 2.45) is 29.1 Å². The second kappa shape index (κ2) is 9.07. The summed E-state index contributed by atoms with van der Waals surface area (Å²) in [6, 6.07) is 7.69. The van der Waals surface area contributed by atoms with E-state index in [0.717, 1.165) is 62.1 Å². The van der Waals surface area contributed by atoms with Crippen LogP contribution in [0.25, 0.3) is 0 Å². The Morgan fingerprint density at radius 2 is 1.62 bits per heavy atom. The highest BCUT2D eigenvalue weighted by Crippen LogP contribution is 2.74. The number of nitrogens with one attached hydrogen (secondary N) is 2. The van der Waals surface area contributed by atoms with Crippen LogP contribution in [0.2, 0.25) is 0 Å². The summed E-state index contributed by atoms with van der Waals surface area (Å²) >= 11 is 3.44. The van der Waals surface area contributed by atoms with Crippen molar-refractivity contribution in [3.63, 3.8) is 0 Å². The molecule has 2 amide bonds. The van der Waals surface area contributed by atoms with Crippen LogP contribution in [-0.4, -0.2) is 67.9 Å². The van der Waals surface area contributed by atoms with Crippen molar-refractivity contribution in [1.29, 1.82) is 0 Å². The van der Waals surface area contributed by atoms with Gasteiger partial charge in [0.25, 0.3) is 0 Å². The number of carbonyl (C=O) groups is 2.